The van der Waals surface area contributed by atoms with E-state index in [2.05, 4.69) is 0 Å². The predicted molar refractivity (Wildman–Crippen MR) is 78.0 cm³/mol. The predicted octanol–water partition coefficient (Wildman–Crippen LogP) is 2.63. The van der Waals surface area contributed by atoms with Gasteiger partial charge in [-0.2, -0.15) is 4.57 Å². The van der Waals surface area contributed by atoms with Crippen molar-refractivity contribution in [2.24, 2.45) is 0 Å². The van der Waals surface area contributed by atoms with Gasteiger partial charge in [0.05, 0.1) is 21.3 Å². The normalized spacial score (nSPS) is 10.6. The summed E-state index contributed by atoms with van der Waals surface area (Å²) in [7, 11) is 4.81. The van der Waals surface area contributed by atoms with Crippen LogP contribution in [0.25, 0.3) is 12.3 Å². The van der Waals surface area contributed by atoms with Gasteiger partial charge in [-0.05, 0) is 17.7 Å². The minimum absolute atomic E-state index is 0.597. The Morgan fingerprint density at radius 1 is 0.850 bits per heavy atom. The first kappa shape index (κ1) is 13.9. The van der Waals surface area contributed by atoms with Gasteiger partial charge in [-0.25, -0.2) is 0 Å². The van der Waals surface area contributed by atoms with Gasteiger partial charge in [-0.1, -0.05) is 6.07 Å². The Bertz CT molecular complexity index is 569. The van der Waals surface area contributed by atoms with Gasteiger partial charge in [-0.3, -0.25) is 0 Å². The zero-order chi connectivity index (χ0) is 14.4. The Balaban J connectivity index is 2.35. The molecule has 0 N–H and O–H groups in total. The summed E-state index contributed by atoms with van der Waals surface area (Å²) in [5.74, 6) is 1.88. The summed E-state index contributed by atoms with van der Waals surface area (Å²) in [6, 6.07) is 9.73. The number of aromatic nitrogens is 1. The average molecular weight is 272 g/mol. The molecule has 1 aromatic carbocycles. The van der Waals surface area contributed by atoms with E-state index in [-0.39, 0.29) is 0 Å². The highest BCUT2D eigenvalue weighted by molar-refractivity contribution is 5.65. The first-order valence-electron chi connectivity index (χ1n) is 6.22. The summed E-state index contributed by atoms with van der Waals surface area (Å²) in [5.41, 5.74) is 0.968. The molecular formula is C16H18NO3+. The molecule has 0 aliphatic rings. The molecule has 20 heavy (non-hydrogen) atoms. The molecule has 0 atom stereocenters. The second-order valence-electron chi connectivity index (χ2n) is 4.10. The highest BCUT2D eigenvalue weighted by Crippen LogP contribution is 2.38. The summed E-state index contributed by atoms with van der Waals surface area (Å²) < 4.78 is 17.9. The Hall–Kier alpha value is -2.49. The Morgan fingerprint density at radius 2 is 1.45 bits per heavy atom. The monoisotopic (exact) mass is 272 g/mol. The summed E-state index contributed by atoms with van der Waals surface area (Å²) in [5, 5.41) is 0. The molecule has 0 amide bonds. The van der Waals surface area contributed by atoms with E-state index in [0.29, 0.717) is 17.2 Å². The maximum Gasteiger partial charge on any atom is 0.203 e. The number of benzene rings is 1. The number of pyridine rings is 1. The summed E-state index contributed by atoms with van der Waals surface area (Å²) in [4.78, 5) is 0. The standard InChI is InChI=1S/C16H18NO3/c1-18-14-11-13(12-15(19-2)16(14)20-3)7-10-17-8-5-4-6-9-17/h4-12H,1-3H3/q+1/b10-7+. The van der Waals surface area contributed by atoms with Gasteiger partial charge in [0.25, 0.3) is 0 Å². The molecule has 0 unspecified atom stereocenters. The van der Waals surface area contributed by atoms with E-state index in [1.165, 1.54) is 0 Å². The molecule has 0 spiro atoms. The van der Waals surface area contributed by atoms with Gasteiger partial charge in [0, 0.05) is 18.2 Å². The van der Waals surface area contributed by atoms with Gasteiger partial charge < -0.3 is 14.2 Å². The van der Waals surface area contributed by atoms with Crippen molar-refractivity contribution in [3.05, 3.63) is 48.3 Å². The minimum Gasteiger partial charge on any atom is -0.493 e. The third kappa shape index (κ3) is 3.09. The number of ether oxygens (including phenoxy) is 3. The molecule has 2 rings (SSSR count). The lowest BCUT2D eigenvalue weighted by atomic mass is 10.1. The maximum absolute atomic E-state index is 5.33. The molecule has 0 aliphatic carbocycles. The molecule has 1 aromatic heterocycles. The molecule has 0 bridgehead atoms. The van der Waals surface area contributed by atoms with Crippen molar-refractivity contribution in [2.75, 3.05) is 21.3 Å². The lowest BCUT2D eigenvalue weighted by Crippen LogP contribution is -2.23. The lowest BCUT2D eigenvalue weighted by Gasteiger charge is -2.12. The highest BCUT2D eigenvalue weighted by Gasteiger charge is 2.12. The Labute approximate surface area is 118 Å². The van der Waals surface area contributed by atoms with Crippen LogP contribution in [0.4, 0.5) is 0 Å². The van der Waals surface area contributed by atoms with Gasteiger partial charge in [-0.15, -0.1) is 0 Å². The number of methoxy groups -OCH3 is 3. The lowest BCUT2D eigenvalue weighted by molar-refractivity contribution is -0.567. The SMILES string of the molecule is COc1cc(/C=C/[n+]2ccccc2)cc(OC)c1OC. The van der Waals surface area contributed by atoms with Crippen LogP contribution in [0.3, 0.4) is 0 Å². The van der Waals surface area contributed by atoms with E-state index in [1.54, 1.807) is 21.3 Å². The van der Waals surface area contributed by atoms with Crippen molar-refractivity contribution in [1.82, 2.24) is 0 Å². The van der Waals surface area contributed by atoms with Crippen molar-refractivity contribution < 1.29 is 18.8 Å². The topological polar surface area (TPSA) is 31.6 Å². The van der Waals surface area contributed by atoms with Gasteiger partial charge in [0.15, 0.2) is 30.1 Å². The zero-order valence-electron chi connectivity index (χ0n) is 11.9. The summed E-state index contributed by atoms with van der Waals surface area (Å²) in [6.07, 6.45) is 7.87. The second kappa shape index (κ2) is 6.61. The molecule has 0 saturated heterocycles. The van der Waals surface area contributed by atoms with E-state index in [0.717, 1.165) is 5.56 Å². The average Bonchev–Trinajstić information content (AvgIpc) is 2.52. The fourth-order valence-electron chi connectivity index (χ4n) is 1.88. The van der Waals surface area contributed by atoms with E-state index >= 15 is 0 Å². The van der Waals surface area contributed by atoms with Crippen LogP contribution in [0, 0.1) is 0 Å². The second-order valence-corrected chi connectivity index (χ2v) is 4.10. The quantitative estimate of drug-likeness (QED) is 0.784. The molecule has 0 saturated carbocycles. The molecule has 0 radical (unpaired) electrons. The van der Waals surface area contributed by atoms with E-state index in [1.807, 2.05) is 59.6 Å². The van der Waals surface area contributed by atoms with Gasteiger partial charge in [0.2, 0.25) is 5.75 Å². The molecule has 4 heteroatoms. The van der Waals surface area contributed by atoms with Crippen molar-refractivity contribution in [3.63, 3.8) is 0 Å². The third-order valence-corrected chi connectivity index (χ3v) is 2.86. The van der Waals surface area contributed by atoms with Gasteiger partial charge >= 0.3 is 0 Å². The van der Waals surface area contributed by atoms with Crippen LogP contribution in [-0.2, 0) is 0 Å². The fraction of sp³-hybridized carbons (Fsp3) is 0.188. The van der Waals surface area contributed by atoms with Crippen LogP contribution in [-0.4, -0.2) is 21.3 Å². The summed E-state index contributed by atoms with van der Waals surface area (Å²) in [6.45, 7) is 0. The highest BCUT2D eigenvalue weighted by atomic mass is 16.5. The zero-order valence-corrected chi connectivity index (χ0v) is 11.9. The van der Waals surface area contributed by atoms with Crippen molar-refractivity contribution in [2.45, 2.75) is 0 Å². The van der Waals surface area contributed by atoms with Crippen LogP contribution < -0.4 is 18.8 Å². The smallest absolute Gasteiger partial charge is 0.203 e. The van der Waals surface area contributed by atoms with Crippen molar-refractivity contribution in [3.8, 4) is 17.2 Å². The first-order chi connectivity index (χ1) is 9.78. The maximum atomic E-state index is 5.33. The van der Waals surface area contributed by atoms with Crippen LogP contribution in [0.5, 0.6) is 17.2 Å². The minimum atomic E-state index is 0.597. The van der Waals surface area contributed by atoms with Crippen molar-refractivity contribution in [1.29, 1.82) is 0 Å². The molecule has 0 aliphatic heterocycles. The molecule has 0 fully saturated rings. The van der Waals surface area contributed by atoms with Crippen LogP contribution >= 0.6 is 0 Å². The number of hydrogen-bond donors (Lipinski definition) is 0. The molecule has 2 aromatic rings. The third-order valence-electron chi connectivity index (χ3n) is 2.86. The van der Waals surface area contributed by atoms with Crippen LogP contribution in [0.15, 0.2) is 42.7 Å². The van der Waals surface area contributed by atoms with Crippen LogP contribution in [0.1, 0.15) is 5.56 Å². The van der Waals surface area contributed by atoms with Gasteiger partial charge in [0.1, 0.15) is 0 Å². The summed E-state index contributed by atoms with van der Waals surface area (Å²) >= 11 is 0. The molecular weight excluding hydrogens is 254 g/mol. The number of rotatable bonds is 5. The van der Waals surface area contributed by atoms with Crippen molar-refractivity contribution >= 4 is 12.3 Å². The van der Waals surface area contributed by atoms with E-state index in [4.69, 9.17) is 14.2 Å². The van der Waals surface area contributed by atoms with Crippen LogP contribution in [0.2, 0.25) is 0 Å². The first-order valence-corrected chi connectivity index (χ1v) is 6.22. The fourth-order valence-corrected chi connectivity index (χ4v) is 1.88. The van der Waals surface area contributed by atoms with E-state index < -0.39 is 0 Å². The number of hydrogen-bond acceptors (Lipinski definition) is 3. The number of nitrogens with zero attached hydrogens (tertiary/aromatic N) is 1. The molecule has 4 nitrogen and oxygen atoms in total. The Kier molecular flexibility index (Phi) is 4.60. The Morgan fingerprint density at radius 3 is 1.95 bits per heavy atom. The largest absolute Gasteiger partial charge is 0.493 e. The molecule has 104 valence electrons. The molecule has 1 heterocycles. The van der Waals surface area contributed by atoms with E-state index in [9.17, 15) is 0 Å².